The highest BCUT2D eigenvalue weighted by Crippen LogP contribution is 2.13. The number of ether oxygens (including phenoxy) is 3. The zero-order valence-corrected chi connectivity index (χ0v) is 11.3. The number of aliphatic hydroxyl groups is 1. The van der Waals surface area contributed by atoms with E-state index in [0.717, 1.165) is 11.1 Å². The second-order valence-corrected chi connectivity index (χ2v) is 4.02. The van der Waals surface area contributed by atoms with Crippen molar-refractivity contribution < 1.29 is 24.1 Å². The summed E-state index contributed by atoms with van der Waals surface area (Å²) < 4.78 is 15.2. The maximum Gasteiger partial charge on any atom is 0.337 e. The van der Waals surface area contributed by atoms with Crippen LogP contribution in [0.25, 0.3) is 0 Å². The first-order valence-electron chi connectivity index (χ1n) is 6.13. The van der Waals surface area contributed by atoms with Crippen molar-refractivity contribution in [2.45, 2.75) is 13.5 Å². The van der Waals surface area contributed by atoms with E-state index in [0.29, 0.717) is 32.0 Å². The Hall–Kier alpha value is -1.43. The molecule has 5 nitrogen and oxygen atoms in total. The van der Waals surface area contributed by atoms with E-state index in [1.54, 1.807) is 12.1 Å². The van der Waals surface area contributed by atoms with Crippen molar-refractivity contribution in [2.75, 3.05) is 33.5 Å². The number of rotatable bonds is 8. The summed E-state index contributed by atoms with van der Waals surface area (Å²) in [5.41, 5.74) is 2.55. The molecule has 1 N–H and O–H groups in total. The molecule has 0 atom stereocenters. The van der Waals surface area contributed by atoms with E-state index in [9.17, 15) is 4.79 Å². The molecule has 0 aliphatic rings. The summed E-state index contributed by atoms with van der Waals surface area (Å²) in [6, 6.07) is 5.36. The van der Waals surface area contributed by atoms with Crippen molar-refractivity contribution in [3.8, 4) is 0 Å². The van der Waals surface area contributed by atoms with Crippen molar-refractivity contribution >= 4 is 5.97 Å². The molecule has 0 saturated carbocycles. The highest BCUT2D eigenvalue weighted by Gasteiger charge is 2.07. The highest BCUT2D eigenvalue weighted by molar-refractivity contribution is 5.89. The van der Waals surface area contributed by atoms with Gasteiger partial charge < -0.3 is 19.3 Å². The fraction of sp³-hybridized carbons (Fsp3) is 0.500. The minimum absolute atomic E-state index is 0.0219. The molecule has 0 heterocycles. The van der Waals surface area contributed by atoms with E-state index in [-0.39, 0.29) is 12.6 Å². The molecule has 19 heavy (non-hydrogen) atoms. The van der Waals surface area contributed by atoms with Gasteiger partial charge in [0, 0.05) is 0 Å². The molecule has 0 fully saturated rings. The zero-order valence-electron chi connectivity index (χ0n) is 11.3. The van der Waals surface area contributed by atoms with Crippen molar-refractivity contribution in [2.24, 2.45) is 0 Å². The van der Waals surface area contributed by atoms with Gasteiger partial charge in [0.1, 0.15) is 0 Å². The van der Waals surface area contributed by atoms with Gasteiger partial charge in [-0.1, -0.05) is 6.07 Å². The Morgan fingerprint density at radius 1 is 1.21 bits per heavy atom. The second kappa shape index (κ2) is 8.63. The predicted octanol–water partition coefficient (Wildman–Crippen LogP) is 1.31. The third-order valence-electron chi connectivity index (χ3n) is 2.63. The number of carbonyl (C=O) groups excluding carboxylic acids is 1. The standard InChI is InChI=1S/C14H20O5/c1-11-9-12(14(16)17-2)3-4-13(11)10-19-8-7-18-6-5-15/h3-4,9,15H,5-8,10H2,1-2H3. The number of aliphatic hydroxyl groups excluding tert-OH is 1. The van der Waals surface area contributed by atoms with Crippen molar-refractivity contribution in [3.05, 3.63) is 34.9 Å². The summed E-state index contributed by atoms with van der Waals surface area (Å²) in [7, 11) is 1.36. The molecule has 0 aromatic heterocycles. The smallest absolute Gasteiger partial charge is 0.337 e. The van der Waals surface area contributed by atoms with Gasteiger partial charge in [0.25, 0.3) is 0 Å². The lowest BCUT2D eigenvalue weighted by atomic mass is 10.1. The molecule has 0 saturated heterocycles. The summed E-state index contributed by atoms with van der Waals surface area (Å²) in [5.74, 6) is -0.340. The normalized spacial score (nSPS) is 10.5. The Morgan fingerprint density at radius 3 is 2.58 bits per heavy atom. The lowest BCUT2D eigenvalue weighted by Crippen LogP contribution is -2.08. The van der Waals surface area contributed by atoms with Gasteiger partial charge >= 0.3 is 5.97 Å². The third-order valence-corrected chi connectivity index (χ3v) is 2.63. The number of esters is 1. The minimum Gasteiger partial charge on any atom is -0.465 e. The Balaban J connectivity index is 2.40. The fourth-order valence-corrected chi connectivity index (χ4v) is 1.57. The Bertz CT molecular complexity index is 403. The van der Waals surface area contributed by atoms with Crippen LogP contribution in [0.3, 0.4) is 0 Å². The first-order chi connectivity index (χ1) is 9.19. The maximum atomic E-state index is 11.3. The molecular formula is C14H20O5. The van der Waals surface area contributed by atoms with E-state index >= 15 is 0 Å². The molecule has 106 valence electrons. The van der Waals surface area contributed by atoms with E-state index in [1.165, 1.54) is 7.11 Å². The number of carbonyl (C=O) groups is 1. The zero-order chi connectivity index (χ0) is 14.1. The number of methoxy groups -OCH3 is 1. The third kappa shape index (κ3) is 5.38. The lowest BCUT2D eigenvalue weighted by molar-refractivity contribution is 0.0273. The first-order valence-corrected chi connectivity index (χ1v) is 6.13. The van der Waals surface area contributed by atoms with Crippen LogP contribution >= 0.6 is 0 Å². The molecular weight excluding hydrogens is 248 g/mol. The topological polar surface area (TPSA) is 65.0 Å². The van der Waals surface area contributed by atoms with Gasteiger partial charge in [-0.05, 0) is 30.2 Å². The molecule has 0 unspecified atom stereocenters. The summed E-state index contributed by atoms with van der Waals surface area (Å²) in [6.45, 7) is 3.67. The van der Waals surface area contributed by atoms with Crippen molar-refractivity contribution in [3.63, 3.8) is 0 Å². The molecule has 0 amide bonds. The van der Waals surface area contributed by atoms with Gasteiger partial charge in [0.05, 0.1) is 45.7 Å². The maximum absolute atomic E-state index is 11.3. The second-order valence-electron chi connectivity index (χ2n) is 4.02. The van der Waals surface area contributed by atoms with Crippen LogP contribution in [0.15, 0.2) is 18.2 Å². The number of hydrogen-bond acceptors (Lipinski definition) is 5. The van der Waals surface area contributed by atoms with Crippen LogP contribution in [-0.4, -0.2) is 44.6 Å². The molecule has 1 aromatic carbocycles. The van der Waals surface area contributed by atoms with Crippen molar-refractivity contribution in [1.82, 2.24) is 0 Å². The SMILES string of the molecule is COC(=O)c1ccc(COCCOCCO)c(C)c1. The van der Waals surface area contributed by atoms with Gasteiger partial charge in [0.15, 0.2) is 0 Å². The van der Waals surface area contributed by atoms with Crippen LogP contribution in [-0.2, 0) is 20.8 Å². The van der Waals surface area contributed by atoms with Crippen molar-refractivity contribution in [1.29, 1.82) is 0 Å². The summed E-state index contributed by atoms with van der Waals surface area (Å²) in [5, 5.41) is 8.52. The Kier molecular flexibility index (Phi) is 7.10. The minimum atomic E-state index is -0.340. The fourth-order valence-electron chi connectivity index (χ4n) is 1.57. The molecule has 0 aliphatic heterocycles. The number of benzene rings is 1. The lowest BCUT2D eigenvalue weighted by Gasteiger charge is -2.09. The Morgan fingerprint density at radius 2 is 1.95 bits per heavy atom. The molecule has 1 aromatic rings. The average molecular weight is 268 g/mol. The van der Waals surface area contributed by atoms with E-state index < -0.39 is 0 Å². The first kappa shape index (κ1) is 15.6. The summed E-state index contributed by atoms with van der Waals surface area (Å²) >= 11 is 0. The van der Waals surface area contributed by atoms with Crippen LogP contribution in [0, 0.1) is 6.92 Å². The van der Waals surface area contributed by atoms with Crippen LogP contribution in [0.1, 0.15) is 21.5 Å². The predicted molar refractivity (Wildman–Crippen MR) is 70.1 cm³/mol. The molecule has 0 aliphatic carbocycles. The van der Waals surface area contributed by atoms with Gasteiger partial charge in [-0.15, -0.1) is 0 Å². The summed E-state index contributed by atoms with van der Waals surface area (Å²) in [4.78, 5) is 11.3. The molecule has 5 heteroatoms. The Labute approximate surface area is 113 Å². The van der Waals surface area contributed by atoms with Gasteiger partial charge in [0.2, 0.25) is 0 Å². The van der Waals surface area contributed by atoms with E-state index in [4.69, 9.17) is 14.6 Å². The van der Waals surface area contributed by atoms with E-state index in [1.807, 2.05) is 13.0 Å². The van der Waals surface area contributed by atoms with Crippen LogP contribution in [0.4, 0.5) is 0 Å². The van der Waals surface area contributed by atoms with Crippen LogP contribution < -0.4 is 0 Å². The quantitative estimate of drug-likeness (QED) is 0.569. The highest BCUT2D eigenvalue weighted by atomic mass is 16.5. The van der Waals surface area contributed by atoms with Gasteiger partial charge in [-0.3, -0.25) is 0 Å². The van der Waals surface area contributed by atoms with Crippen LogP contribution in [0.5, 0.6) is 0 Å². The van der Waals surface area contributed by atoms with Gasteiger partial charge in [-0.25, -0.2) is 4.79 Å². The average Bonchev–Trinajstić information content (AvgIpc) is 2.43. The molecule has 0 bridgehead atoms. The largest absolute Gasteiger partial charge is 0.465 e. The van der Waals surface area contributed by atoms with Crippen LogP contribution in [0.2, 0.25) is 0 Å². The summed E-state index contributed by atoms with van der Waals surface area (Å²) in [6.07, 6.45) is 0. The monoisotopic (exact) mass is 268 g/mol. The molecule has 0 spiro atoms. The molecule has 1 rings (SSSR count). The number of aryl methyl sites for hydroxylation is 1. The van der Waals surface area contributed by atoms with E-state index in [2.05, 4.69) is 4.74 Å². The molecule has 0 radical (unpaired) electrons. The number of hydrogen-bond donors (Lipinski definition) is 1. The van der Waals surface area contributed by atoms with Gasteiger partial charge in [-0.2, -0.15) is 0 Å².